The molecule has 7 nitrogen and oxygen atoms in total. The molecule has 0 aromatic carbocycles. The summed E-state index contributed by atoms with van der Waals surface area (Å²) in [5, 5.41) is 11.4. The molecule has 0 fully saturated rings. The molecule has 7 heteroatoms. The van der Waals surface area contributed by atoms with Crippen LogP contribution in [0.2, 0.25) is 0 Å². The van der Waals surface area contributed by atoms with Gasteiger partial charge in [-0.05, 0) is 26.7 Å². The zero-order valence-electron chi connectivity index (χ0n) is 12.5. The number of nitrogens with zero attached hydrogens (tertiary/aromatic N) is 1. The molecule has 0 saturated carbocycles. The number of aryl methyl sites for hydroxylation is 2. The quantitative estimate of drug-likeness (QED) is 0.685. The van der Waals surface area contributed by atoms with Crippen molar-refractivity contribution in [1.82, 2.24) is 15.3 Å². The van der Waals surface area contributed by atoms with E-state index in [1.165, 1.54) is 0 Å². The molecule has 0 radical (unpaired) electrons. The predicted octanol–water partition coefficient (Wildman–Crippen LogP) is 0.689. The van der Waals surface area contributed by atoms with Crippen LogP contribution in [0.5, 0.6) is 0 Å². The highest BCUT2D eigenvalue weighted by atomic mass is 16.4. The third kappa shape index (κ3) is 5.02. The van der Waals surface area contributed by atoms with Crippen LogP contribution in [0.4, 0.5) is 0 Å². The van der Waals surface area contributed by atoms with Gasteiger partial charge in [-0.1, -0.05) is 13.3 Å². The van der Waals surface area contributed by atoms with Crippen molar-refractivity contribution in [3.05, 3.63) is 27.4 Å². The number of carboxylic acids is 1. The fourth-order valence-corrected chi connectivity index (χ4v) is 2.10. The van der Waals surface area contributed by atoms with Crippen LogP contribution in [0.15, 0.2) is 4.79 Å². The number of carbonyl (C=O) groups is 2. The van der Waals surface area contributed by atoms with Gasteiger partial charge in [0.2, 0.25) is 5.91 Å². The van der Waals surface area contributed by atoms with Crippen molar-refractivity contribution >= 4 is 11.9 Å². The van der Waals surface area contributed by atoms with Gasteiger partial charge in [0.25, 0.3) is 5.56 Å². The third-order valence-corrected chi connectivity index (χ3v) is 3.15. The van der Waals surface area contributed by atoms with E-state index in [-0.39, 0.29) is 24.3 Å². The predicted molar refractivity (Wildman–Crippen MR) is 77.1 cm³/mol. The Morgan fingerprint density at radius 1 is 1.38 bits per heavy atom. The van der Waals surface area contributed by atoms with Gasteiger partial charge in [0.1, 0.15) is 11.9 Å². The number of hydrogen-bond acceptors (Lipinski definition) is 4. The minimum absolute atomic E-state index is 0.0577. The Kier molecular flexibility index (Phi) is 6.08. The topological polar surface area (TPSA) is 112 Å². The molecule has 3 N–H and O–H groups in total. The molecule has 1 atom stereocenters. The maximum atomic E-state index is 11.8. The van der Waals surface area contributed by atoms with Crippen molar-refractivity contribution in [2.24, 2.45) is 0 Å². The number of H-pyrrole nitrogens is 1. The second kappa shape index (κ2) is 7.56. The first-order valence-corrected chi connectivity index (χ1v) is 6.93. The first kappa shape index (κ1) is 16.9. The van der Waals surface area contributed by atoms with E-state index in [4.69, 9.17) is 5.11 Å². The van der Waals surface area contributed by atoms with E-state index in [1.807, 2.05) is 6.92 Å². The number of aliphatic carboxylic acids is 1. The van der Waals surface area contributed by atoms with Gasteiger partial charge in [-0.25, -0.2) is 9.78 Å². The van der Waals surface area contributed by atoms with Gasteiger partial charge >= 0.3 is 5.97 Å². The Morgan fingerprint density at radius 3 is 2.57 bits per heavy atom. The van der Waals surface area contributed by atoms with Gasteiger partial charge in [-0.3, -0.25) is 9.59 Å². The molecule has 0 aliphatic carbocycles. The Bertz CT molecular complexity index is 580. The molecule has 0 bridgehead atoms. The fourth-order valence-electron chi connectivity index (χ4n) is 2.10. The minimum Gasteiger partial charge on any atom is -0.480 e. The molecule has 0 aliphatic heterocycles. The highest BCUT2D eigenvalue weighted by Gasteiger charge is 2.19. The molecule has 1 unspecified atom stereocenters. The monoisotopic (exact) mass is 295 g/mol. The van der Waals surface area contributed by atoms with Crippen LogP contribution in [0.25, 0.3) is 0 Å². The number of carboxylic acid groups (broad SMARTS) is 1. The molecule has 1 amide bonds. The van der Waals surface area contributed by atoms with Crippen LogP contribution in [0.3, 0.4) is 0 Å². The highest BCUT2D eigenvalue weighted by Crippen LogP contribution is 2.04. The Hall–Kier alpha value is -2.18. The second-order valence-electron chi connectivity index (χ2n) is 4.96. The van der Waals surface area contributed by atoms with E-state index in [9.17, 15) is 14.4 Å². The van der Waals surface area contributed by atoms with Gasteiger partial charge in [0.15, 0.2) is 0 Å². The fraction of sp³-hybridized carbons (Fsp3) is 0.571. The third-order valence-electron chi connectivity index (χ3n) is 3.15. The second-order valence-corrected chi connectivity index (χ2v) is 4.96. The van der Waals surface area contributed by atoms with Crippen molar-refractivity contribution in [3.63, 3.8) is 0 Å². The summed E-state index contributed by atoms with van der Waals surface area (Å²) in [6, 6.07) is -0.877. The summed E-state index contributed by atoms with van der Waals surface area (Å²) >= 11 is 0. The lowest BCUT2D eigenvalue weighted by Crippen LogP contribution is -2.40. The van der Waals surface area contributed by atoms with E-state index in [2.05, 4.69) is 15.3 Å². The SMILES string of the molecule is CCCC(NC(=O)CCc1c(C)nc(C)[nH]c1=O)C(=O)O. The van der Waals surface area contributed by atoms with Crippen molar-refractivity contribution in [2.45, 2.75) is 52.5 Å². The molecule has 21 heavy (non-hydrogen) atoms. The maximum absolute atomic E-state index is 11.8. The number of rotatable bonds is 7. The lowest BCUT2D eigenvalue weighted by molar-refractivity contribution is -0.142. The lowest BCUT2D eigenvalue weighted by Gasteiger charge is -2.13. The minimum atomic E-state index is -1.05. The molecule has 0 aliphatic rings. The maximum Gasteiger partial charge on any atom is 0.326 e. The Morgan fingerprint density at radius 2 is 2.05 bits per heavy atom. The summed E-state index contributed by atoms with van der Waals surface area (Å²) in [5.74, 6) is -0.897. The number of carbonyl (C=O) groups excluding carboxylic acids is 1. The van der Waals surface area contributed by atoms with Crippen LogP contribution in [0.1, 0.15) is 43.3 Å². The van der Waals surface area contributed by atoms with E-state index in [0.717, 1.165) is 0 Å². The van der Waals surface area contributed by atoms with Crippen molar-refractivity contribution in [2.75, 3.05) is 0 Å². The van der Waals surface area contributed by atoms with E-state index >= 15 is 0 Å². The Labute approximate surface area is 122 Å². The summed E-state index contributed by atoms with van der Waals surface area (Å²) in [7, 11) is 0. The summed E-state index contributed by atoms with van der Waals surface area (Å²) in [5.41, 5.74) is 0.793. The van der Waals surface area contributed by atoms with E-state index < -0.39 is 12.0 Å². The van der Waals surface area contributed by atoms with Crippen LogP contribution < -0.4 is 10.9 Å². The molecular formula is C14H21N3O4. The number of aromatic nitrogens is 2. The zero-order chi connectivity index (χ0) is 16.0. The van der Waals surface area contributed by atoms with Gasteiger partial charge < -0.3 is 15.4 Å². The summed E-state index contributed by atoms with van der Waals surface area (Å²) in [6.07, 6.45) is 1.34. The van der Waals surface area contributed by atoms with Gasteiger partial charge in [-0.2, -0.15) is 0 Å². The molecule has 1 aromatic rings. The largest absolute Gasteiger partial charge is 0.480 e. The summed E-state index contributed by atoms with van der Waals surface area (Å²) in [6.45, 7) is 5.25. The first-order chi connectivity index (χ1) is 9.85. The molecule has 1 aromatic heterocycles. The van der Waals surface area contributed by atoms with Gasteiger partial charge in [0.05, 0.1) is 0 Å². The molecule has 1 heterocycles. The molecule has 0 saturated heterocycles. The van der Waals surface area contributed by atoms with E-state index in [0.29, 0.717) is 29.9 Å². The zero-order valence-corrected chi connectivity index (χ0v) is 12.5. The van der Waals surface area contributed by atoms with Crippen molar-refractivity contribution < 1.29 is 14.7 Å². The lowest BCUT2D eigenvalue weighted by atomic mass is 10.1. The molecule has 1 rings (SSSR count). The van der Waals surface area contributed by atoms with E-state index in [1.54, 1.807) is 13.8 Å². The van der Waals surface area contributed by atoms with Gasteiger partial charge in [0, 0.05) is 17.7 Å². The summed E-state index contributed by atoms with van der Waals surface area (Å²) in [4.78, 5) is 41.3. The number of amides is 1. The normalized spacial score (nSPS) is 12.0. The first-order valence-electron chi connectivity index (χ1n) is 6.93. The molecular weight excluding hydrogens is 274 g/mol. The van der Waals surface area contributed by atoms with Crippen LogP contribution in [0, 0.1) is 13.8 Å². The van der Waals surface area contributed by atoms with Crippen LogP contribution >= 0.6 is 0 Å². The standard InChI is InChI=1S/C14H21N3O4/c1-4-5-11(14(20)21)17-12(18)7-6-10-8(2)15-9(3)16-13(10)19/h11H,4-7H2,1-3H3,(H,17,18)(H,20,21)(H,15,16,19). The number of nitrogens with one attached hydrogen (secondary N) is 2. The van der Waals surface area contributed by atoms with Crippen molar-refractivity contribution in [3.8, 4) is 0 Å². The Balaban J connectivity index is 2.65. The number of hydrogen-bond donors (Lipinski definition) is 3. The molecule has 116 valence electrons. The number of aromatic amines is 1. The van der Waals surface area contributed by atoms with Crippen LogP contribution in [-0.4, -0.2) is 33.0 Å². The average Bonchev–Trinajstić information content (AvgIpc) is 2.36. The smallest absolute Gasteiger partial charge is 0.326 e. The van der Waals surface area contributed by atoms with Crippen LogP contribution in [-0.2, 0) is 16.0 Å². The highest BCUT2D eigenvalue weighted by molar-refractivity contribution is 5.83. The molecule has 0 spiro atoms. The van der Waals surface area contributed by atoms with Crippen molar-refractivity contribution in [1.29, 1.82) is 0 Å². The van der Waals surface area contributed by atoms with Gasteiger partial charge in [-0.15, -0.1) is 0 Å². The average molecular weight is 295 g/mol. The summed E-state index contributed by atoms with van der Waals surface area (Å²) < 4.78 is 0.